The molecule has 0 radical (unpaired) electrons. The Morgan fingerprint density at radius 3 is 2.70 bits per heavy atom. The van der Waals surface area contributed by atoms with E-state index in [2.05, 4.69) is 25.2 Å². The number of carbonyl (C=O) groups excluding carboxylic acids is 1. The number of ether oxygens (including phenoxy) is 1. The smallest absolute Gasteiger partial charge is 0.259 e. The van der Waals surface area contributed by atoms with Gasteiger partial charge in [0, 0.05) is 0 Å². The Labute approximate surface area is 118 Å². The zero-order valence-corrected chi connectivity index (χ0v) is 11.6. The fraction of sp³-hybridized carbons (Fsp3) is 0.235. The molecule has 2 aromatic rings. The molecule has 1 heterocycles. The van der Waals surface area contributed by atoms with E-state index in [4.69, 9.17) is 4.74 Å². The van der Waals surface area contributed by atoms with E-state index in [0.717, 1.165) is 12.1 Å². The zero-order chi connectivity index (χ0) is 14.1. The summed E-state index contributed by atoms with van der Waals surface area (Å²) in [6.45, 7) is 4.35. The minimum Gasteiger partial charge on any atom is -0.454 e. The van der Waals surface area contributed by atoms with Gasteiger partial charge in [-0.2, -0.15) is 0 Å². The van der Waals surface area contributed by atoms with E-state index in [-0.39, 0.29) is 5.91 Å². The quantitative estimate of drug-likeness (QED) is 0.883. The second-order valence-corrected chi connectivity index (χ2v) is 5.48. The summed E-state index contributed by atoms with van der Waals surface area (Å²) in [5.74, 6) is 1.74. The molecule has 0 fully saturated rings. The van der Waals surface area contributed by atoms with Crippen LogP contribution in [0.25, 0.3) is 0 Å². The van der Waals surface area contributed by atoms with Crippen LogP contribution in [0.15, 0.2) is 42.5 Å². The maximum atomic E-state index is 12.2. The van der Waals surface area contributed by atoms with Crippen molar-refractivity contribution in [2.75, 3.05) is 5.32 Å². The Morgan fingerprint density at radius 1 is 1.10 bits per heavy atom. The normalized spacial score (nSPS) is 13.1. The molecule has 0 bridgehead atoms. The van der Waals surface area contributed by atoms with Crippen molar-refractivity contribution < 1.29 is 9.53 Å². The van der Waals surface area contributed by atoms with E-state index < -0.39 is 0 Å². The molecule has 0 aliphatic carbocycles. The molecule has 0 unspecified atom stereocenters. The highest BCUT2D eigenvalue weighted by molar-refractivity contribution is 6.07. The predicted octanol–water partition coefficient (Wildman–Crippen LogP) is 4.24. The number of anilines is 1. The number of rotatable bonds is 2. The van der Waals surface area contributed by atoms with E-state index in [9.17, 15) is 4.79 Å². The summed E-state index contributed by atoms with van der Waals surface area (Å²) in [5.41, 5.74) is 2.51. The lowest BCUT2D eigenvalue weighted by Gasteiger charge is -2.11. The SMILES string of the molecule is CC(C)Cc1ccc2c(c1)NC(=O)c1ccccc1O2. The van der Waals surface area contributed by atoms with Crippen molar-refractivity contribution in [2.45, 2.75) is 20.3 Å². The van der Waals surface area contributed by atoms with Gasteiger partial charge in [-0.15, -0.1) is 0 Å². The number of carbonyl (C=O) groups is 1. The van der Waals surface area contributed by atoms with Gasteiger partial charge in [-0.1, -0.05) is 32.0 Å². The van der Waals surface area contributed by atoms with Gasteiger partial charge >= 0.3 is 0 Å². The number of hydrogen-bond donors (Lipinski definition) is 1. The number of benzene rings is 2. The molecular formula is C17H17NO2. The van der Waals surface area contributed by atoms with Gasteiger partial charge in [-0.25, -0.2) is 0 Å². The third-order valence-corrected chi connectivity index (χ3v) is 3.29. The third kappa shape index (κ3) is 2.39. The van der Waals surface area contributed by atoms with Crippen molar-refractivity contribution >= 4 is 11.6 Å². The van der Waals surface area contributed by atoms with Crippen molar-refractivity contribution in [3.05, 3.63) is 53.6 Å². The zero-order valence-electron chi connectivity index (χ0n) is 11.6. The van der Waals surface area contributed by atoms with Gasteiger partial charge in [-0.3, -0.25) is 4.79 Å². The van der Waals surface area contributed by atoms with Gasteiger partial charge in [0.1, 0.15) is 5.75 Å². The van der Waals surface area contributed by atoms with Crippen LogP contribution in [0.2, 0.25) is 0 Å². The van der Waals surface area contributed by atoms with Crippen LogP contribution in [0.4, 0.5) is 5.69 Å². The van der Waals surface area contributed by atoms with Crippen LogP contribution in [-0.2, 0) is 6.42 Å². The molecule has 1 N–H and O–H groups in total. The van der Waals surface area contributed by atoms with Crippen molar-refractivity contribution in [3.63, 3.8) is 0 Å². The first-order chi connectivity index (χ1) is 9.63. The molecule has 2 aromatic carbocycles. The minimum absolute atomic E-state index is 0.124. The standard InChI is InChI=1S/C17H17NO2/c1-11(2)9-12-7-8-16-14(10-12)18-17(19)13-5-3-4-6-15(13)20-16/h3-8,10-11H,9H2,1-2H3,(H,18,19). The Morgan fingerprint density at radius 2 is 1.90 bits per heavy atom. The van der Waals surface area contributed by atoms with Crippen LogP contribution < -0.4 is 10.1 Å². The first kappa shape index (κ1) is 12.7. The molecule has 1 aliphatic heterocycles. The highest BCUT2D eigenvalue weighted by Crippen LogP contribution is 2.36. The summed E-state index contributed by atoms with van der Waals surface area (Å²) in [6.07, 6.45) is 0.982. The fourth-order valence-electron chi connectivity index (χ4n) is 2.41. The summed E-state index contributed by atoms with van der Waals surface area (Å²) >= 11 is 0. The summed E-state index contributed by atoms with van der Waals surface area (Å²) < 4.78 is 5.85. The van der Waals surface area contributed by atoms with Gasteiger partial charge in [0.05, 0.1) is 11.3 Å². The van der Waals surface area contributed by atoms with Crippen LogP contribution in [-0.4, -0.2) is 5.91 Å². The van der Waals surface area contributed by atoms with E-state index in [1.54, 1.807) is 6.07 Å². The van der Waals surface area contributed by atoms with Crippen LogP contribution in [0.1, 0.15) is 29.8 Å². The molecule has 102 valence electrons. The topological polar surface area (TPSA) is 38.3 Å². The lowest BCUT2D eigenvalue weighted by Crippen LogP contribution is -2.10. The molecule has 0 spiro atoms. The van der Waals surface area contributed by atoms with Crippen molar-refractivity contribution in [2.24, 2.45) is 5.92 Å². The maximum absolute atomic E-state index is 12.2. The van der Waals surface area contributed by atoms with Crippen LogP contribution >= 0.6 is 0 Å². The average Bonchev–Trinajstić information content (AvgIpc) is 2.54. The van der Waals surface area contributed by atoms with E-state index in [0.29, 0.717) is 23.0 Å². The van der Waals surface area contributed by atoms with E-state index in [1.807, 2.05) is 30.3 Å². The molecule has 3 heteroatoms. The van der Waals surface area contributed by atoms with Gasteiger partial charge in [-0.05, 0) is 42.2 Å². The molecule has 1 amide bonds. The van der Waals surface area contributed by atoms with Crippen molar-refractivity contribution in [1.29, 1.82) is 0 Å². The lowest BCUT2D eigenvalue weighted by atomic mass is 10.0. The number of nitrogens with one attached hydrogen (secondary N) is 1. The van der Waals surface area contributed by atoms with Crippen molar-refractivity contribution in [3.8, 4) is 11.5 Å². The molecule has 20 heavy (non-hydrogen) atoms. The summed E-state index contributed by atoms with van der Waals surface area (Å²) in [4.78, 5) is 12.2. The Hall–Kier alpha value is -2.29. The largest absolute Gasteiger partial charge is 0.454 e. The Kier molecular flexibility index (Phi) is 3.18. The van der Waals surface area contributed by atoms with Crippen LogP contribution in [0.5, 0.6) is 11.5 Å². The van der Waals surface area contributed by atoms with Gasteiger partial charge in [0.25, 0.3) is 5.91 Å². The van der Waals surface area contributed by atoms with Gasteiger partial charge < -0.3 is 10.1 Å². The molecule has 0 atom stereocenters. The fourth-order valence-corrected chi connectivity index (χ4v) is 2.41. The second kappa shape index (κ2) is 5.00. The first-order valence-electron chi connectivity index (χ1n) is 6.84. The van der Waals surface area contributed by atoms with Crippen LogP contribution in [0.3, 0.4) is 0 Å². The number of hydrogen-bond acceptors (Lipinski definition) is 2. The first-order valence-corrected chi connectivity index (χ1v) is 6.84. The molecular weight excluding hydrogens is 250 g/mol. The Balaban J connectivity index is 2.00. The molecule has 3 nitrogen and oxygen atoms in total. The molecule has 3 rings (SSSR count). The van der Waals surface area contributed by atoms with Gasteiger partial charge in [0.15, 0.2) is 5.75 Å². The number of para-hydroxylation sites is 1. The highest BCUT2D eigenvalue weighted by Gasteiger charge is 2.20. The Bertz CT molecular complexity index is 662. The minimum atomic E-state index is -0.124. The molecule has 0 saturated carbocycles. The van der Waals surface area contributed by atoms with Crippen LogP contribution in [0, 0.1) is 5.92 Å². The number of amides is 1. The second-order valence-electron chi connectivity index (χ2n) is 5.48. The average molecular weight is 267 g/mol. The van der Waals surface area contributed by atoms with E-state index >= 15 is 0 Å². The summed E-state index contributed by atoms with van der Waals surface area (Å²) in [7, 11) is 0. The van der Waals surface area contributed by atoms with E-state index in [1.165, 1.54) is 5.56 Å². The monoisotopic (exact) mass is 267 g/mol. The van der Waals surface area contributed by atoms with Crippen molar-refractivity contribution in [1.82, 2.24) is 0 Å². The third-order valence-electron chi connectivity index (χ3n) is 3.29. The predicted molar refractivity (Wildman–Crippen MR) is 79.5 cm³/mol. The molecule has 0 aromatic heterocycles. The van der Waals surface area contributed by atoms with Gasteiger partial charge in [0.2, 0.25) is 0 Å². The maximum Gasteiger partial charge on any atom is 0.259 e. The number of fused-ring (bicyclic) bond motifs is 2. The molecule has 1 aliphatic rings. The molecule has 0 saturated heterocycles. The summed E-state index contributed by atoms with van der Waals surface area (Å²) in [6, 6.07) is 13.3. The summed E-state index contributed by atoms with van der Waals surface area (Å²) in [5, 5.41) is 2.93. The lowest BCUT2D eigenvalue weighted by molar-refractivity contribution is 0.102. The highest BCUT2D eigenvalue weighted by atomic mass is 16.5.